The number of H-pyrrole nitrogens is 1. The van der Waals surface area contributed by atoms with E-state index in [1.54, 1.807) is 6.07 Å². The highest BCUT2D eigenvalue weighted by atomic mass is 35.5. The average molecular weight is 461 g/mol. The van der Waals surface area contributed by atoms with Crippen LogP contribution in [0.25, 0.3) is 11.3 Å². The Kier molecular flexibility index (Phi) is 5.26. The summed E-state index contributed by atoms with van der Waals surface area (Å²) in [5.41, 5.74) is 4.08. The molecule has 30 heavy (non-hydrogen) atoms. The number of rotatable bonds is 3. The molecule has 0 radical (unpaired) electrons. The molecule has 1 atom stereocenters. The van der Waals surface area contributed by atoms with Crippen LogP contribution in [-0.2, 0) is 0 Å². The number of nitrogens with zero attached hydrogens (tertiary/aromatic N) is 2. The van der Waals surface area contributed by atoms with Gasteiger partial charge < -0.3 is 4.90 Å². The molecule has 0 spiro atoms. The van der Waals surface area contributed by atoms with Crippen molar-refractivity contribution in [1.29, 1.82) is 0 Å². The third-order valence-electron chi connectivity index (χ3n) is 6.15. The third-order valence-corrected chi connectivity index (χ3v) is 7.14. The van der Waals surface area contributed by atoms with Gasteiger partial charge in [0.2, 0.25) is 0 Å². The van der Waals surface area contributed by atoms with Gasteiger partial charge in [-0.1, -0.05) is 72.3 Å². The van der Waals surface area contributed by atoms with Crippen molar-refractivity contribution in [1.82, 2.24) is 15.1 Å². The number of aromatic amines is 1. The van der Waals surface area contributed by atoms with E-state index in [1.165, 1.54) is 6.42 Å². The van der Waals surface area contributed by atoms with Crippen LogP contribution in [0.15, 0.2) is 42.5 Å². The number of benzene rings is 2. The van der Waals surface area contributed by atoms with Crippen LogP contribution in [0.4, 0.5) is 0 Å². The standard InChI is InChI=1S/C23H20Cl3N3O/c24-15-9-6-13(7-10-15)20-19-21(28-27-20)23(30)29(16-4-2-1-3-5-16)22(19)14-8-11-17(25)18(26)12-14/h6-12,16,22H,1-5H2,(H,27,28). The Morgan fingerprint density at radius 1 is 0.933 bits per heavy atom. The third kappa shape index (κ3) is 3.31. The number of amides is 1. The fourth-order valence-electron chi connectivity index (χ4n) is 4.74. The summed E-state index contributed by atoms with van der Waals surface area (Å²) in [6.45, 7) is 0. The van der Waals surface area contributed by atoms with Crippen LogP contribution in [0.5, 0.6) is 0 Å². The Hall–Kier alpha value is -2.01. The number of hydrogen-bond donors (Lipinski definition) is 1. The van der Waals surface area contributed by atoms with Crippen LogP contribution in [0.2, 0.25) is 15.1 Å². The summed E-state index contributed by atoms with van der Waals surface area (Å²) in [4.78, 5) is 15.5. The molecule has 1 aliphatic carbocycles. The molecule has 0 saturated heterocycles. The Balaban J connectivity index is 1.67. The van der Waals surface area contributed by atoms with E-state index in [-0.39, 0.29) is 18.0 Å². The number of carbonyl (C=O) groups excluding carboxylic acids is 1. The second-order valence-electron chi connectivity index (χ2n) is 7.95. The fourth-order valence-corrected chi connectivity index (χ4v) is 5.17. The van der Waals surface area contributed by atoms with E-state index in [1.807, 2.05) is 41.3 Å². The minimum Gasteiger partial charge on any atom is -0.323 e. The normalized spacial score (nSPS) is 19.4. The lowest BCUT2D eigenvalue weighted by molar-refractivity contribution is 0.0606. The van der Waals surface area contributed by atoms with Gasteiger partial charge in [-0.05, 0) is 42.7 Å². The minimum atomic E-state index is -0.255. The van der Waals surface area contributed by atoms with E-state index in [4.69, 9.17) is 34.8 Å². The first-order valence-corrected chi connectivity index (χ1v) is 11.3. The van der Waals surface area contributed by atoms with Crippen LogP contribution in [0.3, 0.4) is 0 Å². The lowest BCUT2D eigenvalue weighted by atomic mass is 9.91. The molecule has 1 aliphatic heterocycles. The molecular weight excluding hydrogens is 441 g/mol. The summed E-state index contributed by atoms with van der Waals surface area (Å²) >= 11 is 18.6. The van der Waals surface area contributed by atoms with Gasteiger partial charge in [0.1, 0.15) is 5.69 Å². The summed E-state index contributed by atoms with van der Waals surface area (Å²) in [5, 5.41) is 9.16. The summed E-state index contributed by atoms with van der Waals surface area (Å²) in [6, 6.07) is 13.1. The molecule has 154 valence electrons. The molecule has 1 N–H and O–H groups in total. The number of fused-ring (bicyclic) bond motifs is 1. The average Bonchev–Trinajstić information content (AvgIpc) is 3.30. The largest absolute Gasteiger partial charge is 0.323 e. The van der Waals surface area contributed by atoms with Crippen molar-refractivity contribution in [2.24, 2.45) is 0 Å². The monoisotopic (exact) mass is 459 g/mol. The highest BCUT2D eigenvalue weighted by Gasteiger charge is 2.45. The quantitative estimate of drug-likeness (QED) is 0.461. The van der Waals surface area contributed by atoms with E-state index >= 15 is 0 Å². The van der Waals surface area contributed by atoms with E-state index < -0.39 is 0 Å². The molecule has 1 saturated carbocycles. The first-order valence-electron chi connectivity index (χ1n) is 10.2. The molecule has 2 heterocycles. The van der Waals surface area contributed by atoms with Crippen molar-refractivity contribution < 1.29 is 4.79 Å². The zero-order chi connectivity index (χ0) is 20.8. The Labute approximate surface area is 190 Å². The van der Waals surface area contributed by atoms with E-state index in [0.717, 1.165) is 48.1 Å². The molecular formula is C23H20Cl3N3O. The topological polar surface area (TPSA) is 49.0 Å². The minimum absolute atomic E-state index is 0.000635. The number of carbonyl (C=O) groups is 1. The number of nitrogens with one attached hydrogen (secondary N) is 1. The first-order chi connectivity index (χ1) is 14.5. The van der Waals surface area contributed by atoms with E-state index in [0.29, 0.717) is 20.8 Å². The predicted molar refractivity (Wildman–Crippen MR) is 120 cm³/mol. The second-order valence-corrected chi connectivity index (χ2v) is 9.20. The molecule has 4 nitrogen and oxygen atoms in total. The SMILES string of the molecule is O=C1c2[nH]nc(-c3ccc(Cl)cc3)c2C(c2ccc(Cl)c(Cl)c2)N1C1CCCCC1. The van der Waals surface area contributed by atoms with Gasteiger partial charge in [-0.25, -0.2) is 0 Å². The Morgan fingerprint density at radius 3 is 2.37 bits per heavy atom. The number of halogens is 3. The van der Waals surface area contributed by atoms with Gasteiger partial charge in [0.05, 0.1) is 21.8 Å². The van der Waals surface area contributed by atoms with Crippen molar-refractivity contribution in [3.05, 3.63) is 74.4 Å². The Bertz CT molecular complexity index is 1100. The molecule has 2 aromatic carbocycles. The summed E-state index contributed by atoms with van der Waals surface area (Å²) < 4.78 is 0. The molecule has 0 bridgehead atoms. The van der Waals surface area contributed by atoms with Gasteiger partial charge in [0, 0.05) is 22.2 Å². The molecule has 1 unspecified atom stereocenters. The molecule has 1 fully saturated rings. The zero-order valence-electron chi connectivity index (χ0n) is 16.2. The van der Waals surface area contributed by atoms with Crippen molar-refractivity contribution in [3.63, 3.8) is 0 Å². The van der Waals surface area contributed by atoms with Crippen molar-refractivity contribution in [2.75, 3.05) is 0 Å². The Morgan fingerprint density at radius 2 is 1.67 bits per heavy atom. The highest BCUT2D eigenvalue weighted by Crippen LogP contribution is 2.46. The van der Waals surface area contributed by atoms with Crippen LogP contribution in [0.1, 0.15) is 59.8 Å². The van der Waals surface area contributed by atoms with E-state index in [2.05, 4.69) is 10.2 Å². The van der Waals surface area contributed by atoms with Crippen LogP contribution in [-0.4, -0.2) is 27.0 Å². The summed E-state index contributed by atoms with van der Waals surface area (Å²) in [5.74, 6) is 0.000635. The lowest BCUT2D eigenvalue weighted by Gasteiger charge is -2.36. The zero-order valence-corrected chi connectivity index (χ0v) is 18.4. The van der Waals surface area contributed by atoms with Gasteiger partial charge in [0.15, 0.2) is 0 Å². The van der Waals surface area contributed by atoms with Gasteiger partial charge in [-0.15, -0.1) is 0 Å². The molecule has 5 rings (SSSR count). The van der Waals surface area contributed by atoms with Crippen molar-refractivity contribution >= 4 is 40.7 Å². The van der Waals surface area contributed by atoms with Crippen molar-refractivity contribution in [2.45, 2.75) is 44.2 Å². The van der Waals surface area contributed by atoms with Gasteiger partial charge in [0.25, 0.3) is 5.91 Å². The molecule has 7 heteroatoms. The molecule has 1 amide bonds. The van der Waals surface area contributed by atoms with Gasteiger partial charge >= 0.3 is 0 Å². The van der Waals surface area contributed by atoms with Gasteiger partial charge in [-0.2, -0.15) is 5.10 Å². The molecule has 3 aromatic rings. The molecule has 1 aromatic heterocycles. The number of aromatic nitrogens is 2. The summed E-state index contributed by atoms with van der Waals surface area (Å²) in [7, 11) is 0. The van der Waals surface area contributed by atoms with Crippen LogP contribution in [0, 0.1) is 0 Å². The maximum absolute atomic E-state index is 13.5. The smallest absolute Gasteiger partial charge is 0.273 e. The maximum atomic E-state index is 13.5. The van der Waals surface area contributed by atoms with Crippen LogP contribution >= 0.6 is 34.8 Å². The number of hydrogen-bond acceptors (Lipinski definition) is 2. The van der Waals surface area contributed by atoms with Crippen LogP contribution < -0.4 is 0 Å². The van der Waals surface area contributed by atoms with E-state index in [9.17, 15) is 4.79 Å². The summed E-state index contributed by atoms with van der Waals surface area (Å²) in [6.07, 6.45) is 5.52. The fraction of sp³-hybridized carbons (Fsp3) is 0.304. The first kappa shape index (κ1) is 19.9. The highest BCUT2D eigenvalue weighted by molar-refractivity contribution is 6.42. The van der Waals surface area contributed by atoms with Gasteiger partial charge in [-0.3, -0.25) is 9.89 Å². The maximum Gasteiger partial charge on any atom is 0.273 e. The lowest BCUT2D eigenvalue weighted by Crippen LogP contribution is -2.40. The second kappa shape index (κ2) is 7.92. The molecule has 2 aliphatic rings. The predicted octanol–water partition coefficient (Wildman–Crippen LogP) is 6.91. The van der Waals surface area contributed by atoms with Crippen molar-refractivity contribution in [3.8, 4) is 11.3 Å².